The van der Waals surface area contributed by atoms with Gasteiger partial charge in [-0.25, -0.2) is 4.39 Å². The van der Waals surface area contributed by atoms with E-state index in [4.69, 9.17) is 4.74 Å². The fraction of sp³-hybridized carbons (Fsp3) is 0.294. The van der Waals surface area contributed by atoms with Crippen molar-refractivity contribution in [1.82, 2.24) is 9.88 Å². The van der Waals surface area contributed by atoms with E-state index in [0.29, 0.717) is 17.9 Å². The third kappa shape index (κ3) is 2.54. The quantitative estimate of drug-likeness (QED) is 0.874. The maximum Gasteiger partial charge on any atom is 0.258 e. The number of likely N-dealkylation sites (tertiary alicyclic amines) is 1. The van der Waals surface area contributed by atoms with Crippen LogP contribution in [0.15, 0.2) is 36.5 Å². The van der Waals surface area contributed by atoms with Gasteiger partial charge in [0.1, 0.15) is 11.6 Å². The predicted octanol–water partition coefficient (Wildman–Crippen LogP) is 3.12. The van der Waals surface area contributed by atoms with E-state index in [1.807, 2.05) is 6.92 Å². The zero-order valence-corrected chi connectivity index (χ0v) is 12.5. The summed E-state index contributed by atoms with van der Waals surface area (Å²) < 4.78 is 18.3. The molecule has 1 amide bonds. The largest absolute Gasteiger partial charge is 0.494 e. The number of aryl methyl sites for hydroxylation is 1. The second kappa shape index (κ2) is 5.75. The minimum atomic E-state index is -0.271. The first-order valence-electron chi connectivity index (χ1n) is 7.17. The average molecular weight is 300 g/mol. The van der Waals surface area contributed by atoms with E-state index in [0.717, 1.165) is 17.7 Å². The SMILES string of the molecule is COc1cnc(C)cc1C(=O)N1CCC1c1ccc(F)cc1. The molecule has 0 aliphatic carbocycles. The van der Waals surface area contributed by atoms with Gasteiger partial charge in [-0.05, 0) is 37.1 Å². The van der Waals surface area contributed by atoms with Crippen LogP contribution >= 0.6 is 0 Å². The van der Waals surface area contributed by atoms with Gasteiger partial charge in [-0.2, -0.15) is 0 Å². The molecule has 2 heterocycles. The van der Waals surface area contributed by atoms with Gasteiger partial charge in [-0.15, -0.1) is 0 Å². The molecule has 1 saturated heterocycles. The summed E-state index contributed by atoms with van der Waals surface area (Å²) >= 11 is 0. The number of hydrogen-bond donors (Lipinski definition) is 0. The number of amides is 1. The highest BCUT2D eigenvalue weighted by molar-refractivity contribution is 5.97. The van der Waals surface area contributed by atoms with Crippen molar-refractivity contribution in [3.05, 3.63) is 59.2 Å². The van der Waals surface area contributed by atoms with Gasteiger partial charge in [0, 0.05) is 12.2 Å². The lowest BCUT2D eigenvalue weighted by Crippen LogP contribution is -2.45. The van der Waals surface area contributed by atoms with E-state index in [1.165, 1.54) is 19.2 Å². The Balaban J connectivity index is 1.86. The van der Waals surface area contributed by atoms with Crippen LogP contribution in [0.1, 0.15) is 34.1 Å². The Hall–Kier alpha value is -2.43. The number of methoxy groups -OCH3 is 1. The van der Waals surface area contributed by atoms with Crippen LogP contribution in [0.5, 0.6) is 5.75 Å². The Labute approximate surface area is 128 Å². The second-order valence-corrected chi connectivity index (χ2v) is 5.38. The third-order valence-corrected chi connectivity index (χ3v) is 3.99. The molecule has 1 unspecified atom stereocenters. The van der Waals surface area contributed by atoms with Crippen LogP contribution in [0.2, 0.25) is 0 Å². The first-order chi connectivity index (χ1) is 10.6. The lowest BCUT2D eigenvalue weighted by molar-refractivity contribution is 0.0456. The number of aromatic nitrogens is 1. The second-order valence-electron chi connectivity index (χ2n) is 5.38. The number of ether oxygens (including phenoxy) is 1. The van der Waals surface area contributed by atoms with E-state index in [2.05, 4.69) is 4.98 Å². The molecule has 1 aliphatic heterocycles. The van der Waals surface area contributed by atoms with Crippen LogP contribution in [-0.2, 0) is 0 Å². The molecule has 5 heteroatoms. The van der Waals surface area contributed by atoms with Crippen molar-refractivity contribution >= 4 is 5.91 Å². The zero-order chi connectivity index (χ0) is 15.7. The van der Waals surface area contributed by atoms with Gasteiger partial charge in [-0.3, -0.25) is 9.78 Å². The van der Waals surface area contributed by atoms with E-state index in [-0.39, 0.29) is 17.8 Å². The highest BCUT2D eigenvalue weighted by Crippen LogP contribution is 2.35. The van der Waals surface area contributed by atoms with Gasteiger partial charge >= 0.3 is 0 Å². The summed E-state index contributed by atoms with van der Waals surface area (Å²) in [6.07, 6.45) is 2.44. The molecule has 1 aromatic carbocycles. The Morgan fingerprint density at radius 3 is 2.68 bits per heavy atom. The molecule has 22 heavy (non-hydrogen) atoms. The lowest BCUT2D eigenvalue weighted by atomic mass is 9.93. The van der Waals surface area contributed by atoms with Gasteiger partial charge in [0.25, 0.3) is 5.91 Å². The Bertz CT molecular complexity index is 700. The summed E-state index contributed by atoms with van der Waals surface area (Å²) in [5.74, 6) is 0.121. The molecule has 4 nitrogen and oxygen atoms in total. The molecule has 0 spiro atoms. The van der Waals surface area contributed by atoms with Crippen molar-refractivity contribution in [1.29, 1.82) is 0 Å². The minimum Gasteiger partial charge on any atom is -0.494 e. The molecular weight excluding hydrogens is 283 g/mol. The molecule has 0 radical (unpaired) electrons. The summed E-state index contributed by atoms with van der Waals surface area (Å²) in [7, 11) is 1.52. The van der Waals surface area contributed by atoms with Gasteiger partial charge in [-0.1, -0.05) is 12.1 Å². The maximum atomic E-state index is 13.0. The molecule has 3 rings (SSSR count). The summed E-state index contributed by atoms with van der Waals surface area (Å²) in [5.41, 5.74) is 2.23. The van der Waals surface area contributed by atoms with Crippen LogP contribution in [-0.4, -0.2) is 29.4 Å². The molecule has 1 aromatic heterocycles. The van der Waals surface area contributed by atoms with Crippen molar-refractivity contribution in [3.8, 4) is 5.75 Å². The number of hydrogen-bond acceptors (Lipinski definition) is 3. The summed E-state index contributed by atoms with van der Waals surface area (Å²) in [6, 6.07) is 8.04. The van der Waals surface area contributed by atoms with Gasteiger partial charge in [0.15, 0.2) is 0 Å². The Kier molecular flexibility index (Phi) is 3.79. The first-order valence-corrected chi connectivity index (χ1v) is 7.17. The molecule has 2 aromatic rings. The Morgan fingerprint density at radius 2 is 2.09 bits per heavy atom. The topological polar surface area (TPSA) is 42.4 Å². The lowest BCUT2D eigenvalue weighted by Gasteiger charge is -2.41. The summed E-state index contributed by atoms with van der Waals surface area (Å²) in [5, 5.41) is 0. The van der Waals surface area contributed by atoms with Gasteiger partial charge in [0.05, 0.1) is 24.9 Å². The van der Waals surface area contributed by atoms with Crippen molar-refractivity contribution < 1.29 is 13.9 Å². The Morgan fingerprint density at radius 1 is 1.36 bits per heavy atom. The maximum absolute atomic E-state index is 13.0. The molecule has 0 bridgehead atoms. The standard InChI is InChI=1S/C17H17FN2O2/c1-11-9-14(16(22-2)10-19-11)17(21)20-8-7-15(20)12-3-5-13(18)6-4-12/h3-6,9-10,15H,7-8H2,1-2H3. The van der Waals surface area contributed by atoms with E-state index in [1.54, 1.807) is 29.3 Å². The first kappa shape index (κ1) is 14.5. The molecule has 0 N–H and O–H groups in total. The number of pyridine rings is 1. The molecule has 0 saturated carbocycles. The van der Waals surface area contributed by atoms with Crippen LogP contribution in [0, 0.1) is 12.7 Å². The number of carbonyl (C=O) groups is 1. The van der Waals surface area contributed by atoms with Crippen LogP contribution < -0.4 is 4.74 Å². The summed E-state index contributed by atoms with van der Waals surface area (Å²) in [6.45, 7) is 2.52. The van der Waals surface area contributed by atoms with Crippen molar-refractivity contribution in [3.63, 3.8) is 0 Å². The highest BCUT2D eigenvalue weighted by Gasteiger charge is 2.35. The number of rotatable bonds is 3. The predicted molar refractivity (Wildman–Crippen MR) is 80.3 cm³/mol. The summed E-state index contributed by atoms with van der Waals surface area (Å²) in [4.78, 5) is 18.7. The van der Waals surface area contributed by atoms with Crippen LogP contribution in [0.4, 0.5) is 4.39 Å². The molecule has 1 atom stereocenters. The monoisotopic (exact) mass is 300 g/mol. The fourth-order valence-corrected chi connectivity index (χ4v) is 2.69. The van der Waals surface area contributed by atoms with Gasteiger partial charge in [0.2, 0.25) is 0 Å². The number of carbonyl (C=O) groups excluding carboxylic acids is 1. The molecule has 1 fully saturated rings. The fourth-order valence-electron chi connectivity index (χ4n) is 2.69. The van der Waals surface area contributed by atoms with Gasteiger partial charge < -0.3 is 9.64 Å². The highest BCUT2D eigenvalue weighted by atomic mass is 19.1. The van der Waals surface area contributed by atoms with E-state index in [9.17, 15) is 9.18 Å². The number of halogens is 1. The van der Waals surface area contributed by atoms with Crippen LogP contribution in [0.3, 0.4) is 0 Å². The molecule has 1 aliphatic rings. The average Bonchev–Trinajstić information content (AvgIpc) is 2.48. The number of nitrogens with zero attached hydrogens (tertiary/aromatic N) is 2. The zero-order valence-electron chi connectivity index (χ0n) is 12.5. The molecular formula is C17H17FN2O2. The third-order valence-electron chi connectivity index (χ3n) is 3.99. The number of benzene rings is 1. The van der Waals surface area contributed by atoms with Crippen LogP contribution in [0.25, 0.3) is 0 Å². The van der Waals surface area contributed by atoms with E-state index >= 15 is 0 Å². The normalized spacial score (nSPS) is 17.0. The smallest absolute Gasteiger partial charge is 0.258 e. The van der Waals surface area contributed by atoms with E-state index < -0.39 is 0 Å². The van der Waals surface area contributed by atoms with Crippen molar-refractivity contribution in [2.45, 2.75) is 19.4 Å². The van der Waals surface area contributed by atoms with Crippen molar-refractivity contribution in [2.24, 2.45) is 0 Å². The van der Waals surface area contributed by atoms with Crippen molar-refractivity contribution in [2.75, 3.05) is 13.7 Å². The molecule has 114 valence electrons. The minimum absolute atomic E-state index is 0.00808.